The van der Waals surface area contributed by atoms with Gasteiger partial charge in [-0.2, -0.15) is 18.3 Å². The van der Waals surface area contributed by atoms with Crippen LogP contribution in [0.1, 0.15) is 29.8 Å². The highest BCUT2D eigenvalue weighted by Crippen LogP contribution is 2.31. The molecule has 0 saturated carbocycles. The van der Waals surface area contributed by atoms with Crippen LogP contribution in [0.25, 0.3) is 11.3 Å². The van der Waals surface area contributed by atoms with Crippen molar-refractivity contribution in [2.75, 3.05) is 40.5 Å². The lowest BCUT2D eigenvalue weighted by Gasteiger charge is -2.25. The number of aromatic nitrogens is 2. The Balaban J connectivity index is 0.000000479. The third-order valence-corrected chi connectivity index (χ3v) is 4.81. The zero-order chi connectivity index (χ0) is 24.4. The molecule has 0 amide bonds. The molecule has 1 aromatic heterocycles. The summed E-state index contributed by atoms with van der Waals surface area (Å²) in [6.45, 7) is 3.35. The van der Waals surface area contributed by atoms with Crippen LogP contribution in [0.2, 0.25) is 0 Å². The Morgan fingerprint density at radius 3 is 2.30 bits per heavy atom. The molecule has 2 heterocycles. The number of carbonyl (C=O) groups is 2. The average Bonchev–Trinajstić information content (AvgIpc) is 3.29. The summed E-state index contributed by atoms with van der Waals surface area (Å²) in [5.74, 6) is -1.89. The maximum absolute atomic E-state index is 12.2. The van der Waals surface area contributed by atoms with Gasteiger partial charge in [-0.1, -0.05) is 6.42 Å². The first-order valence-electron chi connectivity index (χ1n) is 10.1. The van der Waals surface area contributed by atoms with E-state index >= 15 is 0 Å². The van der Waals surface area contributed by atoms with Crippen LogP contribution >= 0.6 is 0 Å². The van der Waals surface area contributed by atoms with Gasteiger partial charge < -0.3 is 19.3 Å². The minimum Gasteiger partial charge on any atom is -0.493 e. The van der Waals surface area contributed by atoms with Crippen LogP contribution in [0.3, 0.4) is 0 Å². The molecule has 3 rings (SSSR count). The first kappa shape index (κ1) is 26.0. The minimum atomic E-state index is -5.08. The van der Waals surface area contributed by atoms with Gasteiger partial charge >= 0.3 is 18.1 Å². The third-order valence-electron chi connectivity index (χ3n) is 4.81. The number of carboxylic acids is 1. The molecule has 2 aromatic rings. The molecule has 1 saturated heterocycles. The Bertz CT molecular complexity index is 926. The number of nitrogens with one attached hydrogen (secondary N) is 1. The number of benzene rings is 1. The summed E-state index contributed by atoms with van der Waals surface area (Å²) in [6, 6.07) is 7.17. The van der Waals surface area contributed by atoms with Crippen molar-refractivity contribution in [3.8, 4) is 22.8 Å². The topological polar surface area (TPSA) is 114 Å². The summed E-state index contributed by atoms with van der Waals surface area (Å²) in [6.07, 6.45) is -1.34. The molecule has 0 radical (unpaired) electrons. The lowest BCUT2D eigenvalue weighted by molar-refractivity contribution is -0.192. The summed E-state index contributed by atoms with van der Waals surface area (Å²) in [7, 11) is 3.17. The van der Waals surface area contributed by atoms with Gasteiger partial charge in [0.25, 0.3) is 0 Å². The second-order valence-corrected chi connectivity index (χ2v) is 7.08. The normalized spacial score (nSPS) is 14.1. The molecule has 2 N–H and O–H groups in total. The van der Waals surface area contributed by atoms with Gasteiger partial charge in [-0.3, -0.25) is 10.00 Å². The predicted octanol–water partition coefficient (Wildman–Crippen LogP) is 3.37. The molecule has 0 bridgehead atoms. The van der Waals surface area contributed by atoms with Gasteiger partial charge in [-0.05, 0) is 50.2 Å². The van der Waals surface area contributed by atoms with E-state index in [0.29, 0.717) is 29.5 Å². The maximum Gasteiger partial charge on any atom is 0.490 e. The Morgan fingerprint density at radius 2 is 1.73 bits per heavy atom. The first-order chi connectivity index (χ1) is 15.7. The number of carboxylic acid groups (broad SMARTS) is 1. The number of methoxy groups -OCH3 is 2. The van der Waals surface area contributed by atoms with Gasteiger partial charge in [-0.25, -0.2) is 9.59 Å². The van der Waals surface area contributed by atoms with Crippen LogP contribution in [-0.4, -0.2) is 78.8 Å². The molecule has 9 nitrogen and oxygen atoms in total. The smallest absolute Gasteiger partial charge is 0.490 e. The number of hydrogen-bond acceptors (Lipinski definition) is 7. The number of likely N-dealkylation sites (tertiary alicyclic amines) is 1. The van der Waals surface area contributed by atoms with Crippen molar-refractivity contribution in [2.24, 2.45) is 0 Å². The number of nitrogens with zero attached hydrogens (tertiary/aromatic N) is 2. The number of rotatable bonds is 7. The molecule has 1 aromatic carbocycles. The van der Waals surface area contributed by atoms with E-state index in [1.807, 2.05) is 12.1 Å². The van der Waals surface area contributed by atoms with Gasteiger partial charge in [0.1, 0.15) is 12.3 Å². The van der Waals surface area contributed by atoms with Crippen molar-refractivity contribution in [3.05, 3.63) is 30.0 Å². The summed E-state index contributed by atoms with van der Waals surface area (Å²) in [5, 5.41) is 14.1. The van der Waals surface area contributed by atoms with Gasteiger partial charge in [0.15, 0.2) is 11.5 Å². The fraction of sp³-hybridized carbons (Fsp3) is 0.476. The minimum absolute atomic E-state index is 0.341. The van der Waals surface area contributed by atoms with Gasteiger partial charge in [0, 0.05) is 12.1 Å². The summed E-state index contributed by atoms with van der Waals surface area (Å²) >= 11 is 0. The molecule has 0 atom stereocenters. The maximum atomic E-state index is 12.2. The van der Waals surface area contributed by atoms with E-state index in [0.717, 1.165) is 25.2 Å². The van der Waals surface area contributed by atoms with Crippen LogP contribution in [0.15, 0.2) is 24.3 Å². The SMILES string of the molecule is COc1ccc(-c2cc(C(=O)OCCN3CCCCC3)[nH]n2)cc1OC.O=C(O)C(F)(F)F. The molecule has 0 aliphatic carbocycles. The van der Waals surface area contributed by atoms with Crippen LogP contribution in [0.5, 0.6) is 11.5 Å². The van der Waals surface area contributed by atoms with Gasteiger partial charge in [-0.15, -0.1) is 0 Å². The summed E-state index contributed by atoms with van der Waals surface area (Å²) in [4.78, 5) is 23.4. The molecule has 1 fully saturated rings. The molecule has 1 aliphatic heterocycles. The number of piperidine rings is 1. The molecule has 182 valence electrons. The largest absolute Gasteiger partial charge is 0.493 e. The summed E-state index contributed by atoms with van der Waals surface area (Å²) < 4.78 is 47.6. The Hall–Kier alpha value is -3.28. The number of alkyl halides is 3. The van der Waals surface area contributed by atoms with E-state index in [1.165, 1.54) is 19.3 Å². The van der Waals surface area contributed by atoms with E-state index in [2.05, 4.69) is 15.1 Å². The van der Waals surface area contributed by atoms with Crippen molar-refractivity contribution < 1.29 is 42.1 Å². The fourth-order valence-corrected chi connectivity index (χ4v) is 3.10. The highest BCUT2D eigenvalue weighted by molar-refractivity contribution is 5.88. The van der Waals surface area contributed by atoms with Crippen LogP contribution in [0.4, 0.5) is 13.2 Å². The molecule has 33 heavy (non-hydrogen) atoms. The Labute approximate surface area is 188 Å². The third kappa shape index (κ3) is 7.97. The Morgan fingerprint density at radius 1 is 1.09 bits per heavy atom. The van der Waals surface area contributed by atoms with E-state index in [1.54, 1.807) is 26.4 Å². The second-order valence-electron chi connectivity index (χ2n) is 7.08. The average molecular weight is 473 g/mol. The number of hydrogen-bond donors (Lipinski definition) is 2. The van der Waals surface area contributed by atoms with E-state index in [4.69, 9.17) is 24.1 Å². The van der Waals surface area contributed by atoms with Crippen molar-refractivity contribution >= 4 is 11.9 Å². The number of halogens is 3. The highest BCUT2D eigenvalue weighted by atomic mass is 19.4. The van der Waals surface area contributed by atoms with Gasteiger partial charge in [0.2, 0.25) is 0 Å². The van der Waals surface area contributed by atoms with Crippen LogP contribution in [-0.2, 0) is 9.53 Å². The standard InChI is InChI=1S/C19H25N3O4.C2HF3O2/c1-24-17-7-6-14(12-18(17)25-2)15-13-16(21-20-15)19(23)26-11-10-22-8-4-3-5-9-22;3-2(4,5)1(6)7/h6-7,12-13H,3-5,8-11H2,1-2H3,(H,20,21);(H,6,7). The zero-order valence-corrected chi connectivity index (χ0v) is 18.3. The molecule has 1 aliphatic rings. The lowest BCUT2D eigenvalue weighted by atomic mass is 10.1. The molecule has 0 spiro atoms. The van der Waals surface area contributed by atoms with Crippen molar-refractivity contribution in [2.45, 2.75) is 25.4 Å². The van der Waals surface area contributed by atoms with E-state index in [9.17, 15) is 18.0 Å². The van der Waals surface area contributed by atoms with E-state index < -0.39 is 12.1 Å². The number of aliphatic carboxylic acids is 1. The van der Waals surface area contributed by atoms with Crippen molar-refractivity contribution in [1.82, 2.24) is 15.1 Å². The number of esters is 1. The van der Waals surface area contributed by atoms with Crippen molar-refractivity contribution in [3.63, 3.8) is 0 Å². The number of H-pyrrole nitrogens is 1. The molecule has 12 heteroatoms. The quantitative estimate of drug-likeness (QED) is 0.589. The molecular weight excluding hydrogens is 447 g/mol. The van der Waals surface area contributed by atoms with Crippen LogP contribution < -0.4 is 9.47 Å². The number of carbonyl (C=O) groups excluding carboxylic acids is 1. The number of ether oxygens (including phenoxy) is 3. The highest BCUT2D eigenvalue weighted by Gasteiger charge is 2.38. The number of aromatic amines is 1. The predicted molar refractivity (Wildman–Crippen MR) is 111 cm³/mol. The molecular formula is C21H26F3N3O6. The lowest BCUT2D eigenvalue weighted by Crippen LogP contribution is -2.33. The van der Waals surface area contributed by atoms with E-state index in [-0.39, 0.29) is 5.97 Å². The first-order valence-corrected chi connectivity index (χ1v) is 10.1. The molecule has 0 unspecified atom stereocenters. The monoisotopic (exact) mass is 473 g/mol. The Kier molecular flexibility index (Phi) is 9.52. The van der Waals surface area contributed by atoms with Crippen LogP contribution in [0, 0.1) is 0 Å². The van der Waals surface area contributed by atoms with Gasteiger partial charge in [0.05, 0.1) is 19.9 Å². The van der Waals surface area contributed by atoms with Crippen molar-refractivity contribution in [1.29, 1.82) is 0 Å². The zero-order valence-electron chi connectivity index (χ0n) is 18.3. The summed E-state index contributed by atoms with van der Waals surface area (Å²) in [5.41, 5.74) is 1.81. The fourth-order valence-electron chi connectivity index (χ4n) is 3.10. The second kappa shape index (κ2) is 12.1.